The summed E-state index contributed by atoms with van der Waals surface area (Å²) in [4.78, 5) is 11.1. The lowest BCUT2D eigenvalue weighted by molar-refractivity contribution is -0.122. The first kappa shape index (κ1) is 12.8. The third-order valence-corrected chi connectivity index (χ3v) is 2.53. The molecular weight excluding hydrogens is 230 g/mol. The molecule has 1 aromatic rings. The van der Waals surface area contributed by atoms with E-state index in [2.05, 4.69) is 0 Å². The van der Waals surface area contributed by atoms with Gasteiger partial charge in [-0.1, -0.05) is 17.7 Å². The molecule has 0 saturated heterocycles. The van der Waals surface area contributed by atoms with Gasteiger partial charge in [-0.25, -0.2) is 5.84 Å². The number of halogens is 1. The van der Waals surface area contributed by atoms with E-state index in [-0.39, 0.29) is 0 Å². The Balaban J connectivity index is 2.78. The predicted molar refractivity (Wildman–Crippen MR) is 62.0 cm³/mol. The molecule has 0 aliphatic carbocycles. The lowest BCUT2D eigenvalue weighted by atomic mass is 10.1. The highest BCUT2D eigenvalue weighted by Gasteiger charge is 2.14. The van der Waals surface area contributed by atoms with E-state index in [0.29, 0.717) is 17.2 Å². The number of methoxy groups -OCH3 is 1. The SMILES string of the molecule is COc1ccc(CC(N)C(=O)NN)c(Cl)c1. The summed E-state index contributed by atoms with van der Waals surface area (Å²) in [6.07, 6.45) is 0.325. The van der Waals surface area contributed by atoms with Gasteiger partial charge in [-0.2, -0.15) is 0 Å². The molecule has 0 aliphatic heterocycles. The molecule has 88 valence electrons. The van der Waals surface area contributed by atoms with Crippen molar-refractivity contribution >= 4 is 17.5 Å². The van der Waals surface area contributed by atoms with Crippen molar-refractivity contribution in [1.29, 1.82) is 0 Å². The van der Waals surface area contributed by atoms with Crippen LogP contribution >= 0.6 is 11.6 Å². The van der Waals surface area contributed by atoms with Gasteiger partial charge in [0.05, 0.1) is 13.2 Å². The molecule has 6 heteroatoms. The quantitative estimate of drug-likeness (QED) is 0.401. The van der Waals surface area contributed by atoms with Crippen LogP contribution in [0.3, 0.4) is 0 Å². The summed E-state index contributed by atoms with van der Waals surface area (Å²) in [5.41, 5.74) is 8.39. The summed E-state index contributed by atoms with van der Waals surface area (Å²) in [6.45, 7) is 0. The van der Waals surface area contributed by atoms with Gasteiger partial charge < -0.3 is 10.5 Å². The van der Waals surface area contributed by atoms with Gasteiger partial charge in [0.15, 0.2) is 0 Å². The number of benzene rings is 1. The average Bonchev–Trinajstić information content (AvgIpc) is 2.30. The minimum atomic E-state index is -0.712. The van der Waals surface area contributed by atoms with Crippen LogP contribution in [0.2, 0.25) is 5.02 Å². The second-order valence-corrected chi connectivity index (χ2v) is 3.68. The average molecular weight is 244 g/mol. The zero-order chi connectivity index (χ0) is 12.1. The number of hydrazine groups is 1. The van der Waals surface area contributed by atoms with Crippen molar-refractivity contribution in [2.75, 3.05) is 7.11 Å². The van der Waals surface area contributed by atoms with Crippen molar-refractivity contribution in [2.45, 2.75) is 12.5 Å². The summed E-state index contributed by atoms with van der Waals surface area (Å²) in [6, 6.07) is 4.49. The molecule has 1 atom stereocenters. The van der Waals surface area contributed by atoms with Gasteiger partial charge in [0.2, 0.25) is 0 Å². The first-order valence-electron chi connectivity index (χ1n) is 4.67. The normalized spacial score (nSPS) is 12.0. The number of nitrogens with one attached hydrogen (secondary N) is 1. The molecule has 0 saturated carbocycles. The molecule has 0 heterocycles. The molecule has 1 unspecified atom stereocenters. The number of nitrogens with two attached hydrogens (primary N) is 2. The molecule has 5 N–H and O–H groups in total. The largest absolute Gasteiger partial charge is 0.497 e. The Morgan fingerprint density at radius 1 is 1.62 bits per heavy atom. The number of carbonyl (C=O) groups is 1. The Morgan fingerprint density at radius 2 is 2.31 bits per heavy atom. The van der Waals surface area contributed by atoms with E-state index in [1.807, 2.05) is 5.43 Å². The van der Waals surface area contributed by atoms with E-state index in [9.17, 15) is 4.79 Å². The van der Waals surface area contributed by atoms with Crippen LogP contribution in [0.5, 0.6) is 5.75 Å². The highest BCUT2D eigenvalue weighted by atomic mass is 35.5. The number of hydrogen-bond acceptors (Lipinski definition) is 4. The van der Waals surface area contributed by atoms with Crippen LogP contribution in [0.4, 0.5) is 0 Å². The minimum absolute atomic E-state index is 0.325. The zero-order valence-electron chi connectivity index (χ0n) is 8.87. The number of ether oxygens (including phenoxy) is 1. The van der Waals surface area contributed by atoms with Crippen LogP contribution in [0, 0.1) is 0 Å². The predicted octanol–water partition coefficient (Wildman–Crippen LogP) is 0.208. The molecule has 0 bridgehead atoms. The molecule has 0 aromatic heterocycles. The Kier molecular flexibility index (Phi) is 4.54. The summed E-state index contributed by atoms with van der Waals surface area (Å²) < 4.78 is 5.01. The van der Waals surface area contributed by atoms with E-state index < -0.39 is 11.9 Å². The van der Waals surface area contributed by atoms with E-state index in [0.717, 1.165) is 5.56 Å². The minimum Gasteiger partial charge on any atom is -0.497 e. The first-order chi connectivity index (χ1) is 7.58. The molecule has 16 heavy (non-hydrogen) atoms. The monoisotopic (exact) mass is 243 g/mol. The van der Waals surface area contributed by atoms with Crippen molar-refractivity contribution < 1.29 is 9.53 Å². The molecule has 5 nitrogen and oxygen atoms in total. The standard InChI is InChI=1S/C10H14ClN3O2/c1-16-7-3-2-6(8(11)5-7)4-9(12)10(15)14-13/h2-3,5,9H,4,12-13H2,1H3,(H,14,15). The van der Waals surface area contributed by atoms with E-state index in [4.69, 9.17) is 27.9 Å². The maximum absolute atomic E-state index is 11.1. The van der Waals surface area contributed by atoms with Crippen molar-refractivity contribution in [2.24, 2.45) is 11.6 Å². The van der Waals surface area contributed by atoms with Crippen LogP contribution in [-0.4, -0.2) is 19.1 Å². The Bertz CT molecular complexity index is 384. The zero-order valence-corrected chi connectivity index (χ0v) is 9.62. The van der Waals surface area contributed by atoms with Gasteiger partial charge in [0.1, 0.15) is 5.75 Å². The molecule has 0 radical (unpaired) electrons. The van der Waals surface area contributed by atoms with Crippen LogP contribution in [0.15, 0.2) is 18.2 Å². The van der Waals surface area contributed by atoms with Gasteiger partial charge >= 0.3 is 0 Å². The van der Waals surface area contributed by atoms with E-state index in [1.165, 1.54) is 0 Å². The lowest BCUT2D eigenvalue weighted by Gasteiger charge is -2.11. The summed E-state index contributed by atoms with van der Waals surface area (Å²) in [5, 5.41) is 0.514. The Labute approximate surface area is 98.7 Å². The Morgan fingerprint density at radius 3 is 2.81 bits per heavy atom. The van der Waals surface area contributed by atoms with Gasteiger partial charge in [-0.15, -0.1) is 0 Å². The van der Waals surface area contributed by atoms with Crippen molar-refractivity contribution in [3.8, 4) is 5.75 Å². The highest BCUT2D eigenvalue weighted by Crippen LogP contribution is 2.23. The molecule has 1 aromatic carbocycles. The topological polar surface area (TPSA) is 90.4 Å². The van der Waals surface area contributed by atoms with Gasteiger partial charge in [-0.05, 0) is 24.1 Å². The summed E-state index contributed by atoms with van der Waals surface area (Å²) in [7, 11) is 1.55. The summed E-state index contributed by atoms with van der Waals surface area (Å²) >= 11 is 6.00. The second-order valence-electron chi connectivity index (χ2n) is 3.28. The van der Waals surface area contributed by atoms with Crippen molar-refractivity contribution in [3.05, 3.63) is 28.8 Å². The van der Waals surface area contributed by atoms with Gasteiger partial charge in [0.25, 0.3) is 5.91 Å². The maximum atomic E-state index is 11.1. The van der Waals surface area contributed by atoms with Gasteiger partial charge in [0, 0.05) is 5.02 Å². The van der Waals surface area contributed by atoms with E-state index >= 15 is 0 Å². The van der Waals surface area contributed by atoms with Crippen LogP contribution in [0.1, 0.15) is 5.56 Å². The van der Waals surface area contributed by atoms with E-state index in [1.54, 1.807) is 25.3 Å². The second kappa shape index (κ2) is 5.69. The third kappa shape index (κ3) is 3.10. The fourth-order valence-electron chi connectivity index (χ4n) is 1.26. The maximum Gasteiger partial charge on any atom is 0.251 e. The third-order valence-electron chi connectivity index (χ3n) is 2.18. The Hall–Kier alpha value is -1.30. The molecule has 0 aliphatic rings. The molecule has 0 fully saturated rings. The number of amides is 1. The lowest BCUT2D eigenvalue weighted by Crippen LogP contribution is -2.45. The summed E-state index contributed by atoms with van der Waals surface area (Å²) in [5.74, 6) is 5.21. The van der Waals surface area contributed by atoms with Crippen molar-refractivity contribution in [3.63, 3.8) is 0 Å². The fraction of sp³-hybridized carbons (Fsp3) is 0.300. The van der Waals surface area contributed by atoms with Crippen LogP contribution in [0.25, 0.3) is 0 Å². The first-order valence-corrected chi connectivity index (χ1v) is 5.04. The number of rotatable bonds is 4. The molecule has 1 amide bonds. The fourth-order valence-corrected chi connectivity index (χ4v) is 1.50. The smallest absolute Gasteiger partial charge is 0.251 e. The van der Waals surface area contributed by atoms with Crippen LogP contribution < -0.4 is 21.7 Å². The highest BCUT2D eigenvalue weighted by molar-refractivity contribution is 6.31. The molecule has 1 rings (SSSR count). The molecule has 0 spiro atoms. The van der Waals surface area contributed by atoms with Crippen molar-refractivity contribution in [1.82, 2.24) is 5.43 Å². The van der Waals surface area contributed by atoms with Crippen LogP contribution in [-0.2, 0) is 11.2 Å². The number of hydrogen-bond donors (Lipinski definition) is 3. The number of carbonyl (C=O) groups excluding carboxylic acids is 1. The van der Waals surface area contributed by atoms with Gasteiger partial charge in [-0.3, -0.25) is 10.2 Å². The molecular formula is C10H14ClN3O2.